The molecule has 9 heteroatoms. The first-order valence-corrected chi connectivity index (χ1v) is 11.5. The van der Waals surface area contributed by atoms with Crippen LogP contribution >= 0.6 is 0 Å². The molecule has 1 fully saturated rings. The van der Waals surface area contributed by atoms with Crippen LogP contribution in [0.1, 0.15) is 29.5 Å². The maximum absolute atomic E-state index is 13.6. The Kier molecular flexibility index (Phi) is 7.61. The molecule has 0 aromatic heterocycles. The van der Waals surface area contributed by atoms with Gasteiger partial charge in [0.05, 0.1) is 18.8 Å². The molecule has 1 heterocycles. The van der Waals surface area contributed by atoms with E-state index in [0.29, 0.717) is 6.61 Å². The van der Waals surface area contributed by atoms with Gasteiger partial charge in [0, 0.05) is 5.41 Å². The van der Waals surface area contributed by atoms with Crippen LogP contribution in [0.4, 0.5) is 26.3 Å². The van der Waals surface area contributed by atoms with Gasteiger partial charge in [0.25, 0.3) is 0 Å². The fourth-order valence-corrected chi connectivity index (χ4v) is 4.56. The summed E-state index contributed by atoms with van der Waals surface area (Å²) in [6, 6.07) is 18.2. The Labute approximate surface area is 205 Å². The highest BCUT2D eigenvalue weighted by Crippen LogP contribution is 2.37. The van der Waals surface area contributed by atoms with Crippen LogP contribution in [0.25, 0.3) is 11.1 Å². The molecule has 3 nitrogen and oxygen atoms in total. The van der Waals surface area contributed by atoms with Gasteiger partial charge in [0.15, 0.2) is 0 Å². The quantitative estimate of drug-likeness (QED) is 0.345. The summed E-state index contributed by atoms with van der Waals surface area (Å²) < 4.78 is 88.7. The van der Waals surface area contributed by atoms with E-state index in [-0.39, 0.29) is 28.7 Å². The monoisotopic (exact) mass is 509 g/mol. The van der Waals surface area contributed by atoms with Gasteiger partial charge >= 0.3 is 12.5 Å². The van der Waals surface area contributed by atoms with E-state index in [1.807, 2.05) is 30.3 Å². The summed E-state index contributed by atoms with van der Waals surface area (Å²) in [6.45, 7) is 1.88. The van der Waals surface area contributed by atoms with E-state index in [1.54, 1.807) is 0 Å². The minimum atomic E-state index is -4.91. The van der Waals surface area contributed by atoms with E-state index in [0.717, 1.165) is 55.8 Å². The first-order chi connectivity index (χ1) is 17.0. The predicted molar refractivity (Wildman–Crippen MR) is 123 cm³/mol. The zero-order valence-electron chi connectivity index (χ0n) is 19.3. The molecule has 0 amide bonds. The second-order valence-corrected chi connectivity index (χ2v) is 8.88. The van der Waals surface area contributed by atoms with E-state index in [9.17, 15) is 26.3 Å². The maximum atomic E-state index is 13.6. The van der Waals surface area contributed by atoms with Crippen molar-refractivity contribution < 1.29 is 35.8 Å². The molecule has 1 saturated heterocycles. The minimum Gasteiger partial charge on any atom is -0.406 e. The third kappa shape index (κ3) is 6.59. The third-order valence-electron chi connectivity index (χ3n) is 6.31. The highest BCUT2D eigenvalue weighted by atomic mass is 19.4. The average Bonchev–Trinajstić information content (AvgIpc) is 2.84. The molecule has 0 saturated carbocycles. The largest absolute Gasteiger partial charge is 0.573 e. The van der Waals surface area contributed by atoms with E-state index in [4.69, 9.17) is 4.74 Å². The van der Waals surface area contributed by atoms with Gasteiger partial charge in [-0.15, -0.1) is 13.2 Å². The van der Waals surface area contributed by atoms with Gasteiger partial charge in [-0.05, 0) is 78.5 Å². The number of hydrogen-bond donors (Lipinski definition) is 1. The van der Waals surface area contributed by atoms with Crippen LogP contribution in [-0.2, 0) is 22.9 Å². The first-order valence-electron chi connectivity index (χ1n) is 11.5. The minimum absolute atomic E-state index is 0.0718. The molecule has 0 spiro atoms. The number of rotatable bonds is 7. The van der Waals surface area contributed by atoms with E-state index < -0.39 is 23.9 Å². The van der Waals surface area contributed by atoms with Crippen molar-refractivity contribution in [3.05, 3.63) is 89.5 Å². The lowest BCUT2D eigenvalue weighted by molar-refractivity contribution is -0.274. The Morgan fingerprint density at radius 2 is 1.50 bits per heavy atom. The van der Waals surface area contributed by atoms with Crippen LogP contribution in [0.3, 0.4) is 0 Å². The van der Waals surface area contributed by atoms with E-state index >= 15 is 0 Å². The molecule has 1 aliphatic rings. The van der Waals surface area contributed by atoms with Gasteiger partial charge in [-0.2, -0.15) is 13.2 Å². The van der Waals surface area contributed by atoms with Gasteiger partial charge in [0.2, 0.25) is 0 Å². The summed E-state index contributed by atoms with van der Waals surface area (Å²) in [5, 5.41) is 3.32. The van der Waals surface area contributed by atoms with Crippen LogP contribution in [0, 0.1) is 0 Å². The molecule has 1 aliphatic heterocycles. The van der Waals surface area contributed by atoms with Crippen LogP contribution in [0.15, 0.2) is 72.8 Å². The van der Waals surface area contributed by atoms with Crippen molar-refractivity contribution >= 4 is 0 Å². The van der Waals surface area contributed by atoms with Gasteiger partial charge in [-0.1, -0.05) is 42.5 Å². The zero-order valence-corrected chi connectivity index (χ0v) is 19.3. The summed E-state index contributed by atoms with van der Waals surface area (Å²) in [7, 11) is 0. The van der Waals surface area contributed by atoms with E-state index in [2.05, 4.69) is 10.1 Å². The topological polar surface area (TPSA) is 30.5 Å². The standard InChI is InChI=1S/C27H25F6NO2/c28-26(29,30)23-14-19(13-21(15-23)20-5-4-8-24(16-20)36-27(31,32)33)17-35-18-25(9-11-34-12-10-25)22-6-2-1-3-7-22/h1-8,13-16,34H,9-12,17-18H2. The second-order valence-electron chi connectivity index (χ2n) is 8.88. The molecule has 3 aromatic rings. The Balaban J connectivity index is 1.58. The smallest absolute Gasteiger partial charge is 0.406 e. The highest BCUT2D eigenvalue weighted by molar-refractivity contribution is 5.67. The molecule has 0 bridgehead atoms. The van der Waals surface area contributed by atoms with Crippen LogP contribution in [0.2, 0.25) is 0 Å². The fourth-order valence-electron chi connectivity index (χ4n) is 4.56. The maximum Gasteiger partial charge on any atom is 0.573 e. The Hall–Kier alpha value is -3.04. The molecule has 3 aromatic carbocycles. The van der Waals surface area contributed by atoms with Crippen LogP contribution in [-0.4, -0.2) is 26.1 Å². The molecular weight excluding hydrogens is 484 g/mol. The Morgan fingerprint density at radius 3 is 2.17 bits per heavy atom. The lowest BCUT2D eigenvalue weighted by atomic mass is 9.74. The molecule has 0 aliphatic carbocycles. The van der Waals surface area contributed by atoms with Gasteiger partial charge in [-0.25, -0.2) is 0 Å². The van der Waals surface area contributed by atoms with Crippen LogP contribution < -0.4 is 10.1 Å². The van der Waals surface area contributed by atoms with Crippen molar-refractivity contribution in [1.29, 1.82) is 0 Å². The highest BCUT2D eigenvalue weighted by Gasteiger charge is 2.35. The molecule has 0 radical (unpaired) electrons. The van der Waals surface area contributed by atoms with Crippen molar-refractivity contribution in [2.24, 2.45) is 0 Å². The number of ether oxygens (including phenoxy) is 2. The molecule has 1 N–H and O–H groups in total. The molecule has 4 rings (SSSR count). The summed E-state index contributed by atoms with van der Waals surface area (Å²) in [6.07, 6.45) is -7.88. The van der Waals surface area contributed by atoms with Crippen LogP contribution in [0.5, 0.6) is 5.75 Å². The predicted octanol–water partition coefficient (Wildman–Crippen LogP) is 7.11. The first kappa shape index (κ1) is 26.0. The average molecular weight is 509 g/mol. The SMILES string of the molecule is FC(F)(F)Oc1cccc(-c2cc(COCC3(c4ccccc4)CCNCC3)cc(C(F)(F)F)c2)c1. The third-order valence-corrected chi connectivity index (χ3v) is 6.31. The normalized spacial score (nSPS) is 16.1. The fraction of sp³-hybridized carbons (Fsp3) is 0.333. The molecule has 192 valence electrons. The zero-order chi connectivity index (χ0) is 25.8. The molecule has 0 atom stereocenters. The van der Waals surface area contributed by atoms with Crippen molar-refractivity contribution in [3.8, 4) is 16.9 Å². The number of benzene rings is 3. The summed E-state index contributed by atoms with van der Waals surface area (Å²) in [5.41, 5.74) is 0.538. The van der Waals surface area contributed by atoms with Crippen molar-refractivity contribution in [2.75, 3.05) is 19.7 Å². The van der Waals surface area contributed by atoms with Gasteiger partial charge in [0.1, 0.15) is 5.75 Å². The molecule has 36 heavy (non-hydrogen) atoms. The summed E-state index contributed by atoms with van der Waals surface area (Å²) >= 11 is 0. The number of piperidine rings is 1. The number of halogens is 6. The number of hydrogen-bond acceptors (Lipinski definition) is 3. The van der Waals surface area contributed by atoms with Gasteiger partial charge in [-0.3, -0.25) is 0 Å². The number of alkyl halides is 6. The van der Waals surface area contributed by atoms with Crippen molar-refractivity contribution in [3.63, 3.8) is 0 Å². The second kappa shape index (κ2) is 10.5. The van der Waals surface area contributed by atoms with Gasteiger partial charge < -0.3 is 14.8 Å². The van der Waals surface area contributed by atoms with Crippen molar-refractivity contribution in [2.45, 2.75) is 37.4 Å². The molecular formula is C27H25F6NO2. The van der Waals surface area contributed by atoms with Crippen molar-refractivity contribution in [1.82, 2.24) is 5.32 Å². The summed E-state index contributed by atoms with van der Waals surface area (Å²) in [5.74, 6) is -0.508. The number of nitrogens with one attached hydrogen (secondary N) is 1. The lowest BCUT2D eigenvalue weighted by Crippen LogP contribution is -2.43. The summed E-state index contributed by atoms with van der Waals surface area (Å²) in [4.78, 5) is 0. The molecule has 0 unspecified atom stereocenters. The Morgan fingerprint density at radius 1 is 0.778 bits per heavy atom. The lowest BCUT2D eigenvalue weighted by Gasteiger charge is -2.38. The van der Waals surface area contributed by atoms with E-state index in [1.165, 1.54) is 18.2 Å². The Bertz CT molecular complexity index is 1150.